The molecule has 41 heavy (non-hydrogen) atoms. The summed E-state index contributed by atoms with van der Waals surface area (Å²) in [5, 5.41) is 1.17. The van der Waals surface area contributed by atoms with Crippen molar-refractivity contribution in [1.29, 1.82) is 0 Å². The topological polar surface area (TPSA) is 67.4 Å². The summed E-state index contributed by atoms with van der Waals surface area (Å²) >= 11 is 0. The van der Waals surface area contributed by atoms with Crippen LogP contribution in [0, 0.1) is 0 Å². The summed E-state index contributed by atoms with van der Waals surface area (Å²) in [7, 11) is 5.30. The minimum atomic E-state index is 0.0159. The van der Waals surface area contributed by atoms with Crippen molar-refractivity contribution in [3.63, 3.8) is 0 Å². The van der Waals surface area contributed by atoms with Gasteiger partial charge in [0.15, 0.2) is 11.5 Å². The Morgan fingerprint density at radius 2 is 1.59 bits per heavy atom. The second-order valence-electron chi connectivity index (χ2n) is 10.4. The first-order valence-electron chi connectivity index (χ1n) is 14.0. The predicted molar refractivity (Wildman–Crippen MR) is 161 cm³/mol. The number of aromatic nitrogens is 1. The first kappa shape index (κ1) is 28.4. The van der Waals surface area contributed by atoms with Crippen molar-refractivity contribution in [2.24, 2.45) is 0 Å². The van der Waals surface area contributed by atoms with Gasteiger partial charge in [0.1, 0.15) is 12.4 Å². The van der Waals surface area contributed by atoms with E-state index in [9.17, 15) is 4.79 Å². The normalized spacial score (nSPS) is 13.9. The molecule has 2 heterocycles. The van der Waals surface area contributed by atoms with Gasteiger partial charge in [-0.3, -0.25) is 19.6 Å². The number of piperazine rings is 1. The third kappa shape index (κ3) is 7.34. The molecule has 1 aliphatic heterocycles. The van der Waals surface area contributed by atoms with Crippen molar-refractivity contribution in [2.75, 3.05) is 60.6 Å². The number of benzene rings is 3. The Hall–Kier alpha value is -4.14. The number of methoxy groups -OCH3 is 2. The molecule has 0 atom stereocenters. The maximum atomic E-state index is 13.0. The van der Waals surface area contributed by atoms with Gasteiger partial charge in [0.2, 0.25) is 0 Å². The SMILES string of the molecule is COc1ccc(C(=O)N2CCN(CCOc3ccc(CN(C)Cc4ccc5ncccc5c4)cc3)CC2)cc1OC. The van der Waals surface area contributed by atoms with Crippen molar-refractivity contribution in [2.45, 2.75) is 13.1 Å². The minimum absolute atomic E-state index is 0.0159. The van der Waals surface area contributed by atoms with Gasteiger partial charge in [0.25, 0.3) is 5.91 Å². The average Bonchev–Trinajstić information content (AvgIpc) is 3.01. The highest BCUT2D eigenvalue weighted by atomic mass is 16.5. The zero-order valence-electron chi connectivity index (χ0n) is 24.1. The van der Waals surface area contributed by atoms with Crippen LogP contribution in [0.15, 0.2) is 79.0 Å². The van der Waals surface area contributed by atoms with E-state index < -0.39 is 0 Å². The highest BCUT2D eigenvalue weighted by molar-refractivity contribution is 5.95. The van der Waals surface area contributed by atoms with Gasteiger partial charge in [-0.25, -0.2) is 0 Å². The Labute approximate surface area is 242 Å². The molecule has 0 N–H and O–H groups in total. The molecular formula is C33H38N4O4. The van der Waals surface area contributed by atoms with Crippen molar-refractivity contribution in [3.8, 4) is 17.2 Å². The number of hydrogen-bond donors (Lipinski definition) is 0. The van der Waals surface area contributed by atoms with Crippen LogP contribution in [0.25, 0.3) is 10.9 Å². The van der Waals surface area contributed by atoms with Gasteiger partial charge in [0.05, 0.1) is 19.7 Å². The molecule has 0 bridgehead atoms. The molecule has 1 fully saturated rings. The van der Waals surface area contributed by atoms with Crippen LogP contribution < -0.4 is 14.2 Å². The molecule has 214 valence electrons. The summed E-state index contributed by atoms with van der Waals surface area (Å²) in [5.74, 6) is 2.07. The molecule has 0 radical (unpaired) electrons. The molecule has 0 saturated carbocycles. The Morgan fingerprint density at radius 3 is 2.34 bits per heavy atom. The molecule has 1 aromatic heterocycles. The number of pyridine rings is 1. The number of amides is 1. The highest BCUT2D eigenvalue weighted by Gasteiger charge is 2.23. The van der Waals surface area contributed by atoms with Gasteiger partial charge in [0, 0.05) is 63.0 Å². The van der Waals surface area contributed by atoms with Crippen LogP contribution in [0.3, 0.4) is 0 Å². The monoisotopic (exact) mass is 554 g/mol. The van der Waals surface area contributed by atoms with Crippen LogP contribution in [0.5, 0.6) is 17.2 Å². The van der Waals surface area contributed by atoms with Gasteiger partial charge < -0.3 is 19.1 Å². The van der Waals surface area contributed by atoms with E-state index in [1.165, 1.54) is 16.5 Å². The van der Waals surface area contributed by atoms with Crippen molar-refractivity contribution >= 4 is 16.8 Å². The number of hydrogen-bond acceptors (Lipinski definition) is 7. The van der Waals surface area contributed by atoms with E-state index in [-0.39, 0.29) is 5.91 Å². The lowest BCUT2D eigenvalue weighted by atomic mass is 10.1. The number of ether oxygens (including phenoxy) is 3. The van der Waals surface area contributed by atoms with Crippen molar-refractivity contribution in [1.82, 2.24) is 19.7 Å². The summed E-state index contributed by atoms with van der Waals surface area (Å²) in [4.78, 5) is 23.9. The number of fused-ring (bicyclic) bond motifs is 1. The average molecular weight is 555 g/mol. The molecule has 8 heteroatoms. The van der Waals surface area contributed by atoms with Crippen LogP contribution >= 0.6 is 0 Å². The van der Waals surface area contributed by atoms with E-state index in [1.807, 2.05) is 29.3 Å². The fourth-order valence-corrected chi connectivity index (χ4v) is 5.21. The van der Waals surface area contributed by atoms with Crippen molar-refractivity contribution < 1.29 is 19.0 Å². The van der Waals surface area contributed by atoms with Gasteiger partial charge >= 0.3 is 0 Å². The smallest absolute Gasteiger partial charge is 0.254 e. The number of carbonyl (C=O) groups excluding carboxylic acids is 1. The fourth-order valence-electron chi connectivity index (χ4n) is 5.21. The lowest BCUT2D eigenvalue weighted by molar-refractivity contribution is 0.0620. The Kier molecular flexibility index (Phi) is 9.33. The summed E-state index contributed by atoms with van der Waals surface area (Å²) in [6.07, 6.45) is 1.83. The fraction of sp³-hybridized carbons (Fsp3) is 0.333. The van der Waals surface area contributed by atoms with E-state index in [0.29, 0.717) is 36.8 Å². The standard InChI is InChI=1S/C33H38N4O4/c1-35(24-26-8-12-30-27(21-26)5-4-14-34-30)23-25-6-10-29(11-7-25)41-20-19-36-15-17-37(18-16-36)33(38)28-9-13-31(39-2)32(22-28)40-3/h4-14,21-22H,15-20,23-24H2,1-3H3. The summed E-state index contributed by atoms with van der Waals surface area (Å²) < 4.78 is 16.7. The molecule has 0 aliphatic carbocycles. The highest BCUT2D eigenvalue weighted by Crippen LogP contribution is 2.28. The number of rotatable bonds is 11. The largest absolute Gasteiger partial charge is 0.493 e. The molecule has 1 saturated heterocycles. The second-order valence-corrected chi connectivity index (χ2v) is 10.4. The van der Waals surface area contributed by atoms with E-state index >= 15 is 0 Å². The number of nitrogens with zero attached hydrogens (tertiary/aromatic N) is 4. The van der Waals surface area contributed by atoms with Gasteiger partial charge in [-0.2, -0.15) is 0 Å². The zero-order chi connectivity index (χ0) is 28.6. The summed E-state index contributed by atoms with van der Waals surface area (Å²) in [6, 6.07) is 24.2. The van der Waals surface area contributed by atoms with E-state index in [4.69, 9.17) is 14.2 Å². The van der Waals surface area contributed by atoms with Gasteiger partial charge in [-0.15, -0.1) is 0 Å². The van der Waals surface area contributed by atoms with Crippen LogP contribution in [-0.2, 0) is 13.1 Å². The Morgan fingerprint density at radius 1 is 0.854 bits per heavy atom. The molecule has 0 spiro atoms. The molecule has 1 aliphatic rings. The van der Waals surface area contributed by atoms with Gasteiger partial charge in [-0.05, 0) is 66.7 Å². The Bertz CT molecular complexity index is 1450. The molecule has 4 aromatic rings. The van der Waals surface area contributed by atoms with Crippen molar-refractivity contribution in [3.05, 3.63) is 95.7 Å². The lowest BCUT2D eigenvalue weighted by Gasteiger charge is -2.34. The minimum Gasteiger partial charge on any atom is -0.493 e. The first-order chi connectivity index (χ1) is 20.0. The van der Waals surface area contributed by atoms with Crippen LogP contribution in [0.1, 0.15) is 21.5 Å². The molecule has 0 unspecified atom stereocenters. The maximum absolute atomic E-state index is 13.0. The predicted octanol–water partition coefficient (Wildman–Crippen LogP) is 4.72. The summed E-state index contributed by atoms with van der Waals surface area (Å²) in [5.41, 5.74) is 4.16. The molecule has 1 amide bonds. The quantitative estimate of drug-likeness (QED) is 0.266. The third-order valence-corrected chi connectivity index (χ3v) is 7.46. The summed E-state index contributed by atoms with van der Waals surface area (Å²) in [6.45, 7) is 6.18. The van der Waals surface area contributed by atoms with E-state index in [0.717, 1.165) is 44.0 Å². The van der Waals surface area contributed by atoms with Crippen LogP contribution in [-0.4, -0.2) is 86.2 Å². The first-order valence-corrected chi connectivity index (χ1v) is 14.0. The maximum Gasteiger partial charge on any atom is 0.254 e. The number of carbonyl (C=O) groups is 1. The molecule has 8 nitrogen and oxygen atoms in total. The lowest BCUT2D eigenvalue weighted by Crippen LogP contribution is -2.49. The van der Waals surface area contributed by atoms with E-state index in [1.54, 1.807) is 32.4 Å². The Balaban J connectivity index is 1.03. The van der Waals surface area contributed by atoms with Gasteiger partial charge in [-0.1, -0.05) is 24.3 Å². The molecule has 5 rings (SSSR count). The van der Waals surface area contributed by atoms with Crippen LogP contribution in [0.2, 0.25) is 0 Å². The molecular weight excluding hydrogens is 516 g/mol. The molecule has 3 aromatic carbocycles. The van der Waals surface area contributed by atoms with Crippen LogP contribution in [0.4, 0.5) is 0 Å². The zero-order valence-corrected chi connectivity index (χ0v) is 24.1. The second kappa shape index (κ2) is 13.5. The third-order valence-electron chi connectivity index (χ3n) is 7.46. The van der Waals surface area contributed by atoms with E-state index in [2.05, 4.69) is 58.2 Å².